The van der Waals surface area contributed by atoms with E-state index in [1.54, 1.807) is 19.3 Å². The van der Waals surface area contributed by atoms with Gasteiger partial charge in [0.05, 0.1) is 24.5 Å². The molecule has 1 unspecified atom stereocenters. The zero-order valence-corrected chi connectivity index (χ0v) is 22.7. The molecular weight excluding hydrogens is 510 g/mol. The third-order valence-electron chi connectivity index (χ3n) is 5.80. The van der Waals surface area contributed by atoms with Crippen molar-refractivity contribution in [2.45, 2.75) is 39.4 Å². The lowest BCUT2D eigenvalue weighted by molar-refractivity contribution is -0.129. The average Bonchev–Trinajstić information content (AvgIpc) is 2.93. The summed E-state index contributed by atoms with van der Waals surface area (Å²) >= 11 is 0. The summed E-state index contributed by atoms with van der Waals surface area (Å²) in [5, 5.41) is 10.6. The van der Waals surface area contributed by atoms with Crippen LogP contribution in [0, 0.1) is 0 Å². The van der Waals surface area contributed by atoms with E-state index >= 15 is 0 Å². The molecule has 0 fully saturated rings. The summed E-state index contributed by atoms with van der Waals surface area (Å²) < 4.78 is 0. The van der Waals surface area contributed by atoms with Crippen LogP contribution >= 0.6 is 0 Å². The van der Waals surface area contributed by atoms with Gasteiger partial charge in [-0.25, -0.2) is 0 Å². The molecule has 0 radical (unpaired) electrons. The molecule has 40 heavy (non-hydrogen) atoms. The summed E-state index contributed by atoms with van der Waals surface area (Å²) in [5.74, 6) is -1.23. The quantitative estimate of drug-likeness (QED) is 0.240. The number of rotatable bonds is 14. The topological polar surface area (TPSA) is 145 Å². The van der Waals surface area contributed by atoms with Crippen molar-refractivity contribution in [3.05, 3.63) is 90.0 Å². The number of hydrogen-bond acceptors (Lipinski definition) is 7. The van der Waals surface area contributed by atoms with Gasteiger partial charge in [0.25, 0.3) is 0 Å². The lowest BCUT2D eigenvalue weighted by Crippen LogP contribution is -2.47. The van der Waals surface area contributed by atoms with E-state index < -0.39 is 11.9 Å². The van der Waals surface area contributed by atoms with Gasteiger partial charge in [0.2, 0.25) is 23.6 Å². The standard InChI is InChI=1S/C29H35N7O4/c1-21(34-22(2)37)29(40)33-17-27(38)32-16-13-23-9-11-24(12-10-23)35-28(39)20-36(18-25-7-3-5-14-30-25)19-26-8-4-6-15-31-26/h3-12,14-15,21H,13,16-20H2,1-2H3,(H,32,38)(H,33,40)(H,34,37)(H,35,39). The first-order valence-corrected chi connectivity index (χ1v) is 13.0. The molecular formula is C29H35N7O4. The fourth-order valence-electron chi connectivity index (χ4n) is 3.87. The number of nitrogens with one attached hydrogen (secondary N) is 4. The average molecular weight is 546 g/mol. The number of anilines is 1. The van der Waals surface area contributed by atoms with Crippen molar-refractivity contribution in [1.29, 1.82) is 0 Å². The normalized spacial score (nSPS) is 11.4. The van der Waals surface area contributed by atoms with Crippen LogP contribution in [0.4, 0.5) is 5.69 Å². The van der Waals surface area contributed by atoms with Crippen LogP contribution in [0.2, 0.25) is 0 Å². The molecule has 0 spiro atoms. The van der Waals surface area contributed by atoms with Crippen molar-refractivity contribution < 1.29 is 19.2 Å². The van der Waals surface area contributed by atoms with Crippen LogP contribution in [-0.2, 0) is 38.7 Å². The van der Waals surface area contributed by atoms with Crippen LogP contribution in [0.5, 0.6) is 0 Å². The van der Waals surface area contributed by atoms with Gasteiger partial charge in [0.15, 0.2) is 0 Å². The fraction of sp³-hybridized carbons (Fsp3) is 0.310. The molecule has 3 rings (SSSR count). The number of amides is 4. The van der Waals surface area contributed by atoms with Crippen molar-refractivity contribution >= 4 is 29.3 Å². The maximum absolute atomic E-state index is 12.8. The molecule has 0 aliphatic carbocycles. The summed E-state index contributed by atoms with van der Waals surface area (Å²) in [4.78, 5) is 58.5. The Kier molecular flexibility index (Phi) is 11.7. The predicted molar refractivity (Wildman–Crippen MR) is 151 cm³/mol. The molecule has 1 aromatic carbocycles. The molecule has 11 heteroatoms. The third-order valence-corrected chi connectivity index (χ3v) is 5.80. The molecule has 2 heterocycles. The number of carbonyl (C=O) groups is 4. The first-order chi connectivity index (χ1) is 19.3. The predicted octanol–water partition coefficient (Wildman–Crippen LogP) is 1.42. The summed E-state index contributed by atoms with van der Waals surface area (Å²) in [5.41, 5.74) is 3.38. The second-order valence-corrected chi connectivity index (χ2v) is 9.27. The molecule has 0 saturated carbocycles. The van der Waals surface area contributed by atoms with E-state index in [1.165, 1.54) is 6.92 Å². The fourth-order valence-corrected chi connectivity index (χ4v) is 3.87. The third kappa shape index (κ3) is 11.0. The van der Waals surface area contributed by atoms with Gasteiger partial charge in [-0.3, -0.25) is 34.0 Å². The molecule has 0 aliphatic rings. The van der Waals surface area contributed by atoms with Crippen LogP contribution in [0.15, 0.2) is 73.1 Å². The minimum Gasteiger partial charge on any atom is -0.354 e. The Balaban J connectivity index is 1.43. The highest BCUT2D eigenvalue weighted by atomic mass is 16.2. The van der Waals surface area contributed by atoms with E-state index in [1.807, 2.05) is 65.6 Å². The molecule has 1 atom stereocenters. The van der Waals surface area contributed by atoms with Crippen LogP contribution in [-0.4, -0.2) is 64.2 Å². The number of pyridine rings is 2. The molecule has 0 saturated heterocycles. The van der Waals surface area contributed by atoms with Crippen molar-refractivity contribution in [2.75, 3.05) is 25.0 Å². The largest absolute Gasteiger partial charge is 0.354 e. The number of nitrogens with zero attached hydrogens (tertiary/aromatic N) is 3. The molecule has 0 aliphatic heterocycles. The molecule has 11 nitrogen and oxygen atoms in total. The van der Waals surface area contributed by atoms with Crippen molar-refractivity contribution in [3.8, 4) is 0 Å². The van der Waals surface area contributed by atoms with Gasteiger partial charge in [-0.1, -0.05) is 24.3 Å². The summed E-state index contributed by atoms with van der Waals surface area (Å²) in [6, 6.07) is 18.1. The minimum atomic E-state index is -0.714. The first kappa shape index (κ1) is 29.9. The second kappa shape index (κ2) is 15.7. The highest BCUT2D eigenvalue weighted by molar-refractivity contribution is 5.92. The summed E-state index contributed by atoms with van der Waals surface area (Å²) in [6.45, 7) is 4.26. The summed E-state index contributed by atoms with van der Waals surface area (Å²) in [7, 11) is 0. The van der Waals surface area contributed by atoms with E-state index in [0.717, 1.165) is 17.0 Å². The zero-order chi connectivity index (χ0) is 28.7. The van der Waals surface area contributed by atoms with Gasteiger partial charge < -0.3 is 21.3 Å². The maximum Gasteiger partial charge on any atom is 0.242 e. The SMILES string of the molecule is CC(=O)NC(C)C(=O)NCC(=O)NCCc1ccc(NC(=O)CN(Cc2ccccn2)Cc2ccccn2)cc1. The number of carbonyl (C=O) groups excluding carboxylic acids is 4. The molecule has 4 amide bonds. The highest BCUT2D eigenvalue weighted by Crippen LogP contribution is 2.11. The second-order valence-electron chi connectivity index (χ2n) is 9.27. The molecule has 210 valence electrons. The van der Waals surface area contributed by atoms with Crippen molar-refractivity contribution in [2.24, 2.45) is 0 Å². The molecule has 3 aromatic rings. The highest BCUT2D eigenvalue weighted by Gasteiger charge is 2.15. The van der Waals surface area contributed by atoms with Crippen LogP contribution in [0.1, 0.15) is 30.8 Å². The van der Waals surface area contributed by atoms with Gasteiger partial charge in [0.1, 0.15) is 6.04 Å². The Bertz CT molecular complexity index is 1210. The number of hydrogen-bond donors (Lipinski definition) is 4. The molecule has 4 N–H and O–H groups in total. The Morgan fingerprint density at radius 3 is 2.00 bits per heavy atom. The zero-order valence-electron chi connectivity index (χ0n) is 22.7. The van der Waals surface area contributed by atoms with Gasteiger partial charge in [-0.05, 0) is 55.3 Å². The molecule has 2 aromatic heterocycles. The Morgan fingerprint density at radius 2 is 1.45 bits per heavy atom. The van der Waals surface area contributed by atoms with E-state index in [2.05, 4.69) is 31.2 Å². The smallest absolute Gasteiger partial charge is 0.242 e. The lowest BCUT2D eigenvalue weighted by Gasteiger charge is -2.21. The van der Waals surface area contributed by atoms with E-state index in [4.69, 9.17) is 0 Å². The van der Waals surface area contributed by atoms with E-state index in [9.17, 15) is 19.2 Å². The Morgan fingerprint density at radius 1 is 0.825 bits per heavy atom. The minimum absolute atomic E-state index is 0.151. The summed E-state index contributed by atoms with van der Waals surface area (Å²) in [6.07, 6.45) is 4.05. The van der Waals surface area contributed by atoms with Gasteiger partial charge in [-0.15, -0.1) is 0 Å². The van der Waals surface area contributed by atoms with E-state index in [-0.39, 0.29) is 30.8 Å². The van der Waals surface area contributed by atoms with Crippen LogP contribution < -0.4 is 21.3 Å². The number of aromatic nitrogens is 2. The number of benzene rings is 1. The van der Waals surface area contributed by atoms with Gasteiger partial charge >= 0.3 is 0 Å². The van der Waals surface area contributed by atoms with Crippen LogP contribution in [0.25, 0.3) is 0 Å². The molecule has 0 bridgehead atoms. The maximum atomic E-state index is 12.8. The van der Waals surface area contributed by atoms with E-state index in [0.29, 0.717) is 31.7 Å². The van der Waals surface area contributed by atoms with Gasteiger partial charge in [-0.2, -0.15) is 0 Å². The first-order valence-electron chi connectivity index (χ1n) is 13.0. The lowest BCUT2D eigenvalue weighted by atomic mass is 10.1. The Hall–Kier alpha value is -4.64. The van der Waals surface area contributed by atoms with Crippen molar-refractivity contribution in [3.63, 3.8) is 0 Å². The monoisotopic (exact) mass is 545 g/mol. The van der Waals surface area contributed by atoms with Gasteiger partial charge in [0, 0.05) is 44.6 Å². The van der Waals surface area contributed by atoms with Crippen molar-refractivity contribution in [1.82, 2.24) is 30.8 Å². The van der Waals surface area contributed by atoms with Crippen LogP contribution in [0.3, 0.4) is 0 Å². The Labute approximate surface area is 233 Å².